The number of rotatable bonds is 3. The highest BCUT2D eigenvalue weighted by Crippen LogP contribution is 2.23. The molecular formula is C18H15F2N3S. The van der Waals surface area contributed by atoms with E-state index in [0.717, 1.165) is 0 Å². The Hall–Kier alpha value is -2.60. The molecule has 0 atom stereocenters. The molecule has 0 amide bonds. The average Bonchev–Trinajstić information content (AvgIpc) is 2.98. The molecule has 0 saturated carbocycles. The van der Waals surface area contributed by atoms with Gasteiger partial charge in [-0.1, -0.05) is 30.3 Å². The summed E-state index contributed by atoms with van der Waals surface area (Å²) in [5.74, 6) is -0.692. The van der Waals surface area contributed by atoms with E-state index in [1.165, 1.54) is 23.5 Å². The minimum atomic E-state index is -0.350. The minimum Gasteiger partial charge on any atom is -0.261 e. The number of thiazole rings is 1. The molecule has 6 heteroatoms. The maximum absolute atomic E-state index is 14.1. The van der Waals surface area contributed by atoms with Crippen LogP contribution in [0.4, 0.5) is 8.78 Å². The molecule has 3 rings (SSSR count). The average molecular weight is 343 g/mol. The van der Waals surface area contributed by atoms with Gasteiger partial charge in [0.05, 0.1) is 11.4 Å². The van der Waals surface area contributed by atoms with E-state index in [0.29, 0.717) is 27.3 Å². The summed E-state index contributed by atoms with van der Waals surface area (Å²) in [7, 11) is 1.64. The molecule has 0 aliphatic carbocycles. The first-order chi connectivity index (χ1) is 11.6. The Morgan fingerprint density at radius 2 is 1.67 bits per heavy atom. The lowest BCUT2D eigenvalue weighted by Gasteiger charge is -2.07. The standard InChI is InChI=1S/C18H15F2N3S/c1-12(13-7-3-5-9-15(13)19)22-23-17(11-24-18(23)21-2)14-8-4-6-10-16(14)20/h3-11H,1-2H3. The van der Waals surface area contributed by atoms with Crippen molar-refractivity contribution in [2.75, 3.05) is 7.05 Å². The zero-order chi connectivity index (χ0) is 17.1. The quantitative estimate of drug-likeness (QED) is 0.635. The first kappa shape index (κ1) is 16.3. The minimum absolute atomic E-state index is 0.342. The summed E-state index contributed by atoms with van der Waals surface area (Å²) in [6.45, 7) is 1.72. The highest BCUT2D eigenvalue weighted by Gasteiger charge is 2.12. The topological polar surface area (TPSA) is 29.6 Å². The van der Waals surface area contributed by atoms with Crippen LogP contribution in [0.3, 0.4) is 0 Å². The van der Waals surface area contributed by atoms with E-state index in [2.05, 4.69) is 10.1 Å². The van der Waals surface area contributed by atoms with Gasteiger partial charge in [0, 0.05) is 23.6 Å². The Labute approximate surface area is 142 Å². The molecule has 0 aliphatic rings. The fraction of sp³-hybridized carbons (Fsp3) is 0.111. The van der Waals surface area contributed by atoms with Gasteiger partial charge in [0.25, 0.3) is 0 Å². The summed E-state index contributed by atoms with van der Waals surface area (Å²) < 4.78 is 29.7. The number of hydrogen-bond donors (Lipinski definition) is 0. The fourth-order valence-corrected chi connectivity index (χ4v) is 3.15. The number of aromatic nitrogens is 1. The van der Waals surface area contributed by atoms with E-state index in [1.807, 2.05) is 0 Å². The summed E-state index contributed by atoms with van der Waals surface area (Å²) >= 11 is 1.35. The monoisotopic (exact) mass is 343 g/mol. The summed E-state index contributed by atoms with van der Waals surface area (Å²) in [6, 6.07) is 12.9. The van der Waals surface area contributed by atoms with Crippen LogP contribution in [0.5, 0.6) is 0 Å². The SMILES string of the molecule is CN=c1scc(-c2ccccc2F)n1N=C(C)c1ccccc1F. The molecule has 122 valence electrons. The van der Waals surface area contributed by atoms with Crippen LogP contribution in [0.2, 0.25) is 0 Å². The van der Waals surface area contributed by atoms with Crippen LogP contribution in [-0.2, 0) is 0 Å². The number of halogens is 2. The number of nitrogens with zero attached hydrogens (tertiary/aromatic N) is 3. The van der Waals surface area contributed by atoms with Crippen LogP contribution in [0.25, 0.3) is 11.3 Å². The summed E-state index contributed by atoms with van der Waals surface area (Å²) in [5.41, 5.74) is 1.89. The molecule has 2 aromatic carbocycles. The van der Waals surface area contributed by atoms with Gasteiger partial charge in [0.1, 0.15) is 11.6 Å². The molecule has 0 radical (unpaired) electrons. The number of hydrogen-bond acceptors (Lipinski definition) is 3. The summed E-state index contributed by atoms with van der Waals surface area (Å²) in [5, 5.41) is 6.27. The van der Waals surface area contributed by atoms with Gasteiger partial charge in [-0.2, -0.15) is 5.10 Å². The maximum Gasteiger partial charge on any atom is 0.205 e. The second-order valence-corrected chi connectivity index (χ2v) is 5.92. The van der Waals surface area contributed by atoms with E-state index >= 15 is 0 Å². The zero-order valence-corrected chi connectivity index (χ0v) is 14.0. The molecule has 0 fully saturated rings. The molecule has 0 saturated heterocycles. The van der Waals surface area contributed by atoms with Crippen molar-refractivity contribution in [3.63, 3.8) is 0 Å². The van der Waals surface area contributed by atoms with E-state index in [9.17, 15) is 8.78 Å². The lowest BCUT2D eigenvalue weighted by atomic mass is 10.1. The van der Waals surface area contributed by atoms with Gasteiger partial charge < -0.3 is 0 Å². The molecular weight excluding hydrogens is 328 g/mol. The van der Waals surface area contributed by atoms with Crippen molar-refractivity contribution < 1.29 is 8.78 Å². The summed E-state index contributed by atoms with van der Waals surface area (Å²) in [4.78, 5) is 4.77. The van der Waals surface area contributed by atoms with Crippen LogP contribution in [0, 0.1) is 11.6 Å². The smallest absolute Gasteiger partial charge is 0.205 e. The van der Waals surface area contributed by atoms with Crippen molar-refractivity contribution in [1.29, 1.82) is 0 Å². The van der Waals surface area contributed by atoms with E-state index in [1.54, 1.807) is 60.4 Å². The molecule has 1 aromatic heterocycles. The molecule has 3 aromatic rings. The molecule has 3 nitrogen and oxygen atoms in total. The molecule has 0 spiro atoms. The van der Waals surface area contributed by atoms with E-state index < -0.39 is 0 Å². The third-order valence-electron chi connectivity index (χ3n) is 3.54. The van der Waals surface area contributed by atoms with E-state index in [4.69, 9.17) is 0 Å². The van der Waals surface area contributed by atoms with Gasteiger partial charge in [-0.25, -0.2) is 13.5 Å². The van der Waals surface area contributed by atoms with Gasteiger partial charge in [-0.15, -0.1) is 11.3 Å². The Kier molecular flexibility index (Phi) is 4.66. The van der Waals surface area contributed by atoms with Crippen molar-refractivity contribution in [3.8, 4) is 11.3 Å². The van der Waals surface area contributed by atoms with Gasteiger partial charge in [-0.05, 0) is 25.1 Å². The second kappa shape index (κ2) is 6.88. The highest BCUT2D eigenvalue weighted by molar-refractivity contribution is 7.07. The van der Waals surface area contributed by atoms with Crippen molar-refractivity contribution in [1.82, 2.24) is 4.68 Å². The molecule has 0 unspecified atom stereocenters. The zero-order valence-electron chi connectivity index (χ0n) is 13.2. The van der Waals surface area contributed by atoms with E-state index in [-0.39, 0.29) is 11.6 Å². The third-order valence-corrected chi connectivity index (χ3v) is 4.45. The summed E-state index contributed by atoms with van der Waals surface area (Å²) in [6.07, 6.45) is 0. The van der Waals surface area contributed by atoms with Crippen LogP contribution in [-0.4, -0.2) is 17.4 Å². The Morgan fingerprint density at radius 1 is 1.00 bits per heavy atom. The van der Waals surface area contributed by atoms with Crippen LogP contribution in [0.1, 0.15) is 12.5 Å². The lowest BCUT2D eigenvalue weighted by Crippen LogP contribution is -2.14. The molecule has 24 heavy (non-hydrogen) atoms. The molecule has 0 aliphatic heterocycles. The Balaban J connectivity index is 2.18. The van der Waals surface area contributed by atoms with Gasteiger partial charge >= 0.3 is 0 Å². The van der Waals surface area contributed by atoms with Crippen molar-refractivity contribution >= 4 is 17.0 Å². The predicted octanol–water partition coefficient (Wildman–Crippen LogP) is 4.30. The van der Waals surface area contributed by atoms with Crippen molar-refractivity contribution in [3.05, 3.63) is 75.9 Å². The van der Waals surface area contributed by atoms with Gasteiger partial charge in [0.2, 0.25) is 4.80 Å². The molecule has 1 heterocycles. The highest BCUT2D eigenvalue weighted by atomic mass is 32.1. The lowest BCUT2D eigenvalue weighted by molar-refractivity contribution is 0.624. The number of benzene rings is 2. The second-order valence-electron chi connectivity index (χ2n) is 5.08. The van der Waals surface area contributed by atoms with Crippen molar-refractivity contribution in [2.45, 2.75) is 6.92 Å². The molecule has 0 N–H and O–H groups in total. The first-order valence-electron chi connectivity index (χ1n) is 7.30. The van der Waals surface area contributed by atoms with Crippen molar-refractivity contribution in [2.24, 2.45) is 10.1 Å². The largest absolute Gasteiger partial charge is 0.261 e. The van der Waals surface area contributed by atoms with Crippen LogP contribution in [0.15, 0.2) is 64.0 Å². The normalized spacial score (nSPS) is 12.7. The molecule has 0 bridgehead atoms. The predicted molar refractivity (Wildman–Crippen MR) is 93.2 cm³/mol. The fourth-order valence-electron chi connectivity index (χ4n) is 2.36. The van der Waals surface area contributed by atoms with Gasteiger partial charge in [-0.3, -0.25) is 4.99 Å². The van der Waals surface area contributed by atoms with Gasteiger partial charge in [0.15, 0.2) is 0 Å². The maximum atomic E-state index is 14.1. The Bertz CT molecular complexity index is 970. The third kappa shape index (κ3) is 3.05. The van der Waals surface area contributed by atoms with Crippen LogP contribution < -0.4 is 4.80 Å². The first-order valence-corrected chi connectivity index (χ1v) is 8.18. The van der Waals surface area contributed by atoms with Crippen LogP contribution >= 0.6 is 11.3 Å². The Morgan fingerprint density at radius 3 is 2.33 bits per heavy atom.